The fourth-order valence-electron chi connectivity index (χ4n) is 3.37. The first kappa shape index (κ1) is 17.1. The van der Waals surface area contributed by atoms with Gasteiger partial charge in [0, 0.05) is 31.9 Å². The molecule has 24 heavy (non-hydrogen) atoms. The highest BCUT2D eigenvalue weighted by atomic mass is 16.6. The second-order valence-electron chi connectivity index (χ2n) is 7.79. The zero-order valence-electron chi connectivity index (χ0n) is 15.2. The van der Waals surface area contributed by atoms with Gasteiger partial charge in [0.25, 0.3) is 0 Å². The van der Waals surface area contributed by atoms with Gasteiger partial charge in [0.2, 0.25) is 0 Å². The number of piperazine rings is 1. The molecule has 2 aliphatic rings. The maximum atomic E-state index is 12.2. The van der Waals surface area contributed by atoms with Crippen LogP contribution >= 0.6 is 0 Å². The first-order chi connectivity index (χ1) is 11.4. The maximum Gasteiger partial charge on any atom is 0.410 e. The maximum absolute atomic E-state index is 12.2. The summed E-state index contributed by atoms with van der Waals surface area (Å²) >= 11 is 0. The van der Waals surface area contributed by atoms with Gasteiger partial charge in [0.15, 0.2) is 0 Å². The molecule has 2 heterocycles. The van der Waals surface area contributed by atoms with Crippen LogP contribution in [0.1, 0.15) is 51.3 Å². The van der Waals surface area contributed by atoms with Crippen molar-refractivity contribution in [1.82, 2.24) is 9.88 Å². The molecular weight excluding hydrogens is 302 g/mol. The van der Waals surface area contributed by atoms with Crippen molar-refractivity contribution in [1.29, 1.82) is 0 Å². The van der Waals surface area contributed by atoms with Crippen LogP contribution in [0.15, 0.2) is 12.1 Å². The minimum atomic E-state index is -0.438. The number of aryl methyl sites for hydroxylation is 2. The second kappa shape index (κ2) is 6.99. The van der Waals surface area contributed by atoms with Gasteiger partial charge in [-0.05, 0) is 58.1 Å². The summed E-state index contributed by atoms with van der Waals surface area (Å²) < 4.78 is 5.46. The number of hydrogen-bond acceptors (Lipinski definition) is 4. The zero-order chi connectivity index (χ0) is 17.2. The van der Waals surface area contributed by atoms with Gasteiger partial charge in [-0.2, -0.15) is 0 Å². The van der Waals surface area contributed by atoms with Crippen LogP contribution in [0.5, 0.6) is 0 Å². The third-order valence-electron chi connectivity index (χ3n) is 4.67. The van der Waals surface area contributed by atoms with E-state index >= 15 is 0 Å². The van der Waals surface area contributed by atoms with Gasteiger partial charge in [0.05, 0.1) is 0 Å². The molecule has 1 aliphatic carbocycles. The first-order valence-corrected chi connectivity index (χ1v) is 9.14. The number of pyridine rings is 1. The number of aromatic nitrogens is 1. The fraction of sp³-hybridized carbons (Fsp3) is 0.684. The van der Waals surface area contributed by atoms with Crippen molar-refractivity contribution in [3.05, 3.63) is 23.4 Å². The zero-order valence-corrected chi connectivity index (χ0v) is 15.2. The summed E-state index contributed by atoms with van der Waals surface area (Å²) in [4.78, 5) is 21.2. The number of fused-ring (bicyclic) bond motifs is 1. The first-order valence-electron chi connectivity index (χ1n) is 9.14. The summed E-state index contributed by atoms with van der Waals surface area (Å²) in [5.41, 5.74) is 2.26. The van der Waals surface area contributed by atoms with E-state index in [2.05, 4.69) is 17.0 Å². The van der Waals surface area contributed by atoms with Crippen molar-refractivity contribution in [3.63, 3.8) is 0 Å². The van der Waals surface area contributed by atoms with Gasteiger partial charge < -0.3 is 14.5 Å². The molecule has 0 aromatic carbocycles. The Hall–Kier alpha value is -1.78. The smallest absolute Gasteiger partial charge is 0.410 e. The number of rotatable bonds is 1. The van der Waals surface area contributed by atoms with E-state index < -0.39 is 5.60 Å². The predicted molar refractivity (Wildman–Crippen MR) is 95.5 cm³/mol. The number of carbonyl (C=O) groups is 1. The molecular formula is C19H29N3O2. The van der Waals surface area contributed by atoms with Gasteiger partial charge in [0.1, 0.15) is 11.4 Å². The van der Waals surface area contributed by atoms with Crippen LogP contribution in [0, 0.1) is 0 Å². The number of amides is 1. The van der Waals surface area contributed by atoms with Crippen LogP contribution in [0.25, 0.3) is 0 Å². The minimum absolute atomic E-state index is 0.211. The summed E-state index contributed by atoms with van der Waals surface area (Å²) in [6.07, 6.45) is 5.88. The highest BCUT2D eigenvalue weighted by Crippen LogP contribution is 2.23. The van der Waals surface area contributed by atoms with E-state index in [4.69, 9.17) is 9.72 Å². The van der Waals surface area contributed by atoms with Crippen LogP contribution in [-0.2, 0) is 17.6 Å². The van der Waals surface area contributed by atoms with E-state index in [1.54, 1.807) is 4.90 Å². The summed E-state index contributed by atoms with van der Waals surface area (Å²) in [7, 11) is 0. The Balaban J connectivity index is 1.61. The van der Waals surface area contributed by atoms with Gasteiger partial charge >= 0.3 is 6.09 Å². The Labute approximate surface area is 145 Å². The Morgan fingerprint density at radius 2 is 1.75 bits per heavy atom. The van der Waals surface area contributed by atoms with E-state index in [-0.39, 0.29) is 6.09 Å². The quantitative estimate of drug-likeness (QED) is 0.740. The average molecular weight is 331 g/mol. The Bertz CT molecular complexity index is 587. The van der Waals surface area contributed by atoms with E-state index in [0.29, 0.717) is 13.1 Å². The molecule has 0 spiro atoms. The molecule has 1 aromatic heterocycles. The number of hydrogen-bond donors (Lipinski definition) is 0. The molecule has 1 aliphatic heterocycles. The second-order valence-corrected chi connectivity index (χ2v) is 7.79. The molecule has 0 N–H and O–H groups in total. The van der Waals surface area contributed by atoms with Crippen molar-refractivity contribution in [3.8, 4) is 0 Å². The summed E-state index contributed by atoms with van der Waals surface area (Å²) in [5, 5.41) is 0. The van der Waals surface area contributed by atoms with E-state index in [0.717, 1.165) is 31.7 Å². The van der Waals surface area contributed by atoms with Crippen LogP contribution in [0.4, 0.5) is 10.6 Å². The van der Waals surface area contributed by atoms with Gasteiger partial charge in [-0.3, -0.25) is 0 Å². The Morgan fingerprint density at radius 1 is 1.04 bits per heavy atom. The van der Waals surface area contributed by atoms with Crippen molar-refractivity contribution in [2.45, 2.75) is 58.5 Å². The molecule has 3 rings (SSSR count). The van der Waals surface area contributed by atoms with Gasteiger partial charge in [-0.15, -0.1) is 0 Å². The van der Waals surface area contributed by atoms with Crippen molar-refractivity contribution in [2.24, 2.45) is 0 Å². The van der Waals surface area contributed by atoms with Crippen LogP contribution in [0.2, 0.25) is 0 Å². The molecule has 0 bridgehead atoms. The van der Waals surface area contributed by atoms with Crippen LogP contribution in [-0.4, -0.2) is 47.8 Å². The van der Waals surface area contributed by atoms with Crippen LogP contribution in [0.3, 0.4) is 0 Å². The monoisotopic (exact) mass is 331 g/mol. The number of nitrogens with zero attached hydrogens (tertiary/aromatic N) is 3. The lowest BCUT2D eigenvalue weighted by Gasteiger charge is -2.36. The van der Waals surface area contributed by atoms with E-state index in [1.807, 2.05) is 20.8 Å². The molecule has 5 nitrogen and oxygen atoms in total. The number of anilines is 1. The van der Waals surface area contributed by atoms with Crippen molar-refractivity contribution < 1.29 is 9.53 Å². The third kappa shape index (κ3) is 4.19. The van der Waals surface area contributed by atoms with Gasteiger partial charge in [-0.1, -0.05) is 12.5 Å². The normalized spacial score (nSPS) is 18.8. The SMILES string of the molecule is CC(C)(C)OC(=O)N1CCN(c2ccc3c(n2)CCCCC3)CC1. The number of carbonyl (C=O) groups excluding carboxylic acids is 1. The van der Waals surface area contributed by atoms with Crippen molar-refractivity contribution in [2.75, 3.05) is 31.1 Å². The molecule has 1 aromatic rings. The number of ether oxygens (including phenoxy) is 1. The largest absolute Gasteiger partial charge is 0.444 e. The highest BCUT2D eigenvalue weighted by molar-refractivity contribution is 5.68. The molecule has 0 unspecified atom stereocenters. The third-order valence-corrected chi connectivity index (χ3v) is 4.67. The molecule has 1 amide bonds. The van der Waals surface area contributed by atoms with E-state index in [9.17, 15) is 4.79 Å². The molecule has 5 heteroatoms. The Kier molecular flexibility index (Phi) is 4.97. The van der Waals surface area contributed by atoms with Crippen LogP contribution < -0.4 is 4.90 Å². The summed E-state index contributed by atoms with van der Waals surface area (Å²) in [6.45, 7) is 8.71. The van der Waals surface area contributed by atoms with E-state index in [1.165, 1.54) is 30.5 Å². The molecule has 0 atom stereocenters. The average Bonchev–Trinajstić information content (AvgIpc) is 2.78. The molecule has 1 fully saturated rings. The molecule has 132 valence electrons. The van der Waals surface area contributed by atoms with Gasteiger partial charge in [-0.25, -0.2) is 9.78 Å². The summed E-state index contributed by atoms with van der Waals surface area (Å²) in [5.74, 6) is 1.06. The summed E-state index contributed by atoms with van der Waals surface area (Å²) in [6, 6.07) is 4.40. The topological polar surface area (TPSA) is 45.7 Å². The predicted octanol–water partition coefficient (Wildman–Crippen LogP) is 3.41. The standard InChI is InChI=1S/C19H29N3O2/c1-19(2,3)24-18(23)22-13-11-21(12-14-22)17-10-9-15-7-5-4-6-8-16(15)20-17/h9-10H,4-8,11-14H2,1-3H3. The molecule has 1 saturated heterocycles. The molecule has 0 radical (unpaired) electrons. The molecule has 0 saturated carbocycles. The highest BCUT2D eigenvalue weighted by Gasteiger charge is 2.26. The minimum Gasteiger partial charge on any atom is -0.444 e. The lowest BCUT2D eigenvalue weighted by atomic mass is 10.1. The lowest BCUT2D eigenvalue weighted by Crippen LogP contribution is -2.50. The Morgan fingerprint density at radius 3 is 2.46 bits per heavy atom. The lowest BCUT2D eigenvalue weighted by molar-refractivity contribution is 0.0240. The fourth-order valence-corrected chi connectivity index (χ4v) is 3.37. The van der Waals surface area contributed by atoms with Crippen molar-refractivity contribution >= 4 is 11.9 Å².